The maximum absolute atomic E-state index is 11.1. The zero-order chi connectivity index (χ0) is 16.5. The zero-order valence-corrected chi connectivity index (χ0v) is 12.1. The molecule has 0 bridgehead atoms. The average molecular weight is 335 g/mol. The molecule has 0 radical (unpaired) electrons. The molecular formula is C11H16N2O8P+. The molecule has 6 N–H and O–H groups in total. The van der Waals surface area contributed by atoms with E-state index >= 15 is 0 Å². The predicted octanol–water partition coefficient (Wildman–Crippen LogP) is -2.20. The van der Waals surface area contributed by atoms with Gasteiger partial charge in [-0.25, -0.2) is 4.57 Å². The largest absolute Gasteiger partial charge is 0.469 e. The minimum atomic E-state index is -4.72. The van der Waals surface area contributed by atoms with Gasteiger partial charge in [0.1, 0.15) is 17.8 Å². The molecule has 1 fully saturated rings. The number of rotatable bonds is 5. The van der Waals surface area contributed by atoms with Crippen LogP contribution in [0.4, 0.5) is 0 Å². The summed E-state index contributed by atoms with van der Waals surface area (Å²) in [5.41, 5.74) is 5.32. The first kappa shape index (κ1) is 17.0. The third-order valence-electron chi connectivity index (χ3n) is 3.14. The Kier molecular flexibility index (Phi) is 4.93. The maximum Gasteiger partial charge on any atom is 0.469 e. The Bertz CT molecular complexity index is 606. The molecule has 0 aliphatic carbocycles. The standard InChI is InChI=1S/C11H15N2O8P/c12-10(16)6-2-1-3-13(4-6)11-9(15)8(14)7(21-11)5-20-22(17,18)19/h1-4,7-9,11,14-15H,5H2,(H3-,12,16,17,18,19)/p+1/t7-,8?,9?,11-/m1/s1. The summed E-state index contributed by atoms with van der Waals surface area (Å²) < 4.78 is 21.6. The fraction of sp³-hybridized carbons (Fsp3) is 0.455. The van der Waals surface area contributed by atoms with Crippen LogP contribution in [0.3, 0.4) is 0 Å². The second kappa shape index (κ2) is 6.39. The molecule has 11 heteroatoms. The zero-order valence-electron chi connectivity index (χ0n) is 11.2. The maximum atomic E-state index is 11.1. The molecule has 2 unspecified atom stereocenters. The van der Waals surface area contributed by atoms with E-state index in [1.54, 1.807) is 0 Å². The van der Waals surface area contributed by atoms with Gasteiger partial charge in [0.25, 0.3) is 12.1 Å². The highest BCUT2D eigenvalue weighted by atomic mass is 31.2. The van der Waals surface area contributed by atoms with Gasteiger partial charge in [-0.15, -0.1) is 0 Å². The van der Waals surface area contributed by atoms with Crippen molar-refractivity contribution in [2.24, 2.45) is 5.73 Å². The molecule has 122 valence electrons. The first-order chi connectivity index (χ1) is 10.2. The van der Waals surface area contributed by atoms with Crippen molar-refractivity contribution in [3.63, 3.8) is 0 Å². The molecule has 0 aromatic carbocycles. The van der Waals surface area contributed by atoms with Crippen molar-refractivity contribution < 1.29 is 43.2 Å². The molecule has 2 heterocycles. The van der Waals surface area contributed by atoms with Crippen LogP contribution in [0.2, 0.25) is 0 Å². The van der Waals surface area contributed by atoms with Crippen molar-refractivity contribution in [2.75, 3.05) is 6.61 Å². The summed E-state index contributed by atoms with van der Waals surface area (Å²) in [7, 11) is -4.72. The van der Waals surface area contributed by atoms with E-state index in [9.17, 15) is 19.6 Å². The Morgan fingerprint density at radius 3 is 2.68 bits per heavy atom. The number of carbonyl (C=O) groups is 1. The molecule has 22 heavy (non-hydrogen) atoms. The van der Waals surface area contributed by atoms with Crippen LogP contribution < -0.4 is 10.3 Å². The van der Waals surface area contributed by atoms with Crippen molar-refractivity contribution in [1.82, 2.24) is 0 Å². The number of amides is 1. The Morgan fingerprint density at radius 2 is 2.09 bits per heavy atom. The summed E-state index contributed by atoms with van der Waals surface area (Å²) in [6.45, 7) is -0.602. The molecule has 10 nitrogen and oxygen atoms in total. The van der Waals surface area contributed by atoms with Crippen molar-refractivity contribution in [1.29, 1.82) is 0 Å². The number of hydrogen-bond donors (Lipinski definition) is 5. The minimum absolute atomic E-state index is 0.169. The highest BCUT2D eigenvalue weighted by Crippen LogP contribution is 2.37. The lowest BCUT2D eigenvalue weighted by atomic mass is 10.1. The fourth-order valence-corrected chi connectivity index (χ4v) is 2.42. The van der Waals surface area contributed by atoms with Gasteiger partial charge in [0.05, 0.1) is 6.61 Å². The molecule has 1 aromatic rings. The normalized spacial score (nSPS) is 28.7. The van der Waals surface area contributed by atoms with Gasteiger partial charge < -0.3 is 30.5 Å². The first-order valence-corrected chi connectivity index (χ1v) is 7.74. The third-order valence-corrected chi connectivity index (χ3v) is 3.63. The second-order valence-corrected chi connectivity index (χ2v) is 5.98. The van der Waals surface area contributed by atoms with E-state index in [0.717, 1.165) is 0 Å². The molecule has 1 aliphatic rings. The van der Waals surface area contributed by atoms with Gasteiger partial charge in [-0.1, -0.05) is 0 Å². The number of primary amides is 1. The number of pyridine rings is 1. The van der Waals surface area contributed by atoms with Gasteiger partial charge in [-0.05, 0) is 6.07 Å². The Morgan fingerprint density at radius 1 is 1.41 bits per heavy atom. The number of nitrogens with zero attached hydrogens (tertiary/aromatic N) is 1. The van der Waals surface area contributed by atoms with E-state index in [1.807, 2.05) is 0 Å². The monoisotopic (exact) mass is 335 g/mol. The number of carbonyl (C=O) groups excluding carboxylic acids is 1. The van der Waals surface area contributed by atoms with Crippen LogP contribution >= 0.6 is 7.82 Å². The van der Waals surface area contributed by atoms with Crippen LogP contribution in [0.15, 0.2) is 24.5 Å². The van der Waals surface area contributed by atoms with E-state index in [4.69, 9.17) is 20.3 Å². The molecule has 1 aromatic heterocycles. The van der Waals surface area contributed by atoms with E-state index in [0.29, 0.717) is 0 Å². The molecule has 0 spiro atoms. The van der Waals surface area contributed by atoms with Crippen LogP contribution in [0.5, 0.6) is 0 Å². The number of phosphoric acid groups is 1. The summed E-state index contributed by atoms with van der Waals surface area (Å²) in [5.74, 6) is -0.677. The lowest BCUT2D eigenvalue weighted by Gasteiger charge is -2.13. The number of hydrogen-bond acceptors (Lipinski definition) is 6. The van der Waals surface area contributed by atoms with Gasteiger partial charge in [0.2, 0.25) is 0 Å². The van der Waals surface area contributed by atoms with Crippen molar-refractivity contribution in [3.8, 4) is 0 Å². The minimum Gasteiger partial charge on any atom is -0.387 e. The summed E-state index contributed by atoms with van der Waals surface area (Å²) in [6.07, 6.45) is -2.18. The Hall–Kier alpha value is -1.39. The number of aromatic nitrogens is 1. The summed E-state index contributed by atoms with van der Waals surface area (Å²) in [6, 6.07) is 2.97. The number of phosphoric ester groups is 1. The van der Waals surface area contributed by atoms with Gasteiger partial charge in [-0.3, -0.25) is 9.32 Å². The molecular weight excluding hydrogens is 319 g/mol. The van der Waals surface area contributed by atoms with E-state index in [-0.39, 0.29) is 5.56 Å². The summed E-state index contributed by atoms with van der Waals surface area (Å²) in [4.78, 5) is 28.4. The van der Waals surface area contributed by atoms with Crippen LogP contribution in [-0.4, -0.2) is 50.8 Å². The molecule has 4 atom stereocenters. The fourth-order valence-electron chi connectivity index (χ4n) is 2.08. The van der Waals surface area contributed by atoms with E-state index in [1.165, 1.54) is 29.1 Å². The van der Waals surface area contributed by atoms with Crippen LogP contribution in [0.25, 0.3) is 0 Å². The Balaban J connectivity index is 2.14. The molecule has 0 saturated carbocycles. The van der Waals surface area contributed by atoms with Gasteiger partial charge in [0.15, 0.2) is 18.5 Å². The highest BCUT2D eigenvalue weighted by molar-refractivity contribution is 7.46. The number of nitrogens with two attached hydrogens (primary N) is 1. The highest BCUT2D eigenvalue weighted by Gasteiger charge is 2.48. The van der Waals surface area contributed by atoms with Crippen molar-refractivity contribution in [2.45, 2.75) is 24.5 Å². The van der Waals surface area contributed by atoms with Gasteiger partial charge >= 0.3 is 7.82 Å². The molecule has 1 aliphatic heterocycles. The lowest BCUT2D eigenvalue weighted by Crippen LogP contribution is -2.46. The topological polar surface area (TPSA) is 163 Å². The average Bonchev–Trinajstić information content (AvgIpc) is 2.72. The van der Waals surface area contributed by atoms with Crippen LogP contribution in [0.1, 0.15) is 16.6 Å². The first-order valence-electron chi connectivity index (χ1n) is 6.21. The summed E-state index contributed by atoms with van der Waals surface area (Å²) in [5, 5.41) is 19.8. The van der Waals surface area contributed by atoms with E-state index < -0.39 is 44.9 Å². The van der Waals surface area contributed by atoms with Crippen LogP contribution in [0, 0.1) is 0 Å². The summed E-state index contributed by atoms with van der Waals surface area (Å²) >= 11 is 0. The lowest BCUT2D eigenvalue weighted by molar-refractivity contribution is -0.765. The van der Waals surface area contributed by atoms with Crippen molar-refractivity contribution in [3.05, 3.63) is 30.1 Å². The quantitative estimate of drug-likeness (QED) is 0.299. The molecule has 1 amide bonds. The second-order valence-electron chi connectivity index (χ2n) is 4.74. The van der Waals surface area contributed by atoms with Crippen molar-refractivity contribution >= 4 is 13.7 Å². The predicted molar refractivity (Wildman–Crippen MR) is 69.1 cm³/mol. The number of ether oxygens (including phenoxy) is 1. The number of aliphatic hydroxyl groups is 2. The smallest absolute Gasteiger partial charge is 0.387 e. The molecule has 2 rings (SSSR count). The number of aliphatic hydroxyl groups excluding tert-OH is 2. The van der Waals surface area contributed by atoms with E-state index in [2.05, 4.69) is 4.52 Å². The molecule has 1 saturated heterocycles. The van der Waals surface area contributed by atoms with Gasteiger partial charge in [0, 0.05) is 6.07 Å². The van der Waals surface area contributed by atoms with Gasteiger partial charge in [-0.2, -0.15) is 4.57 Å². The Labute approximate surface area is 124 Å². The third kappa shape index (κ3) is 3.87. The van der Waals surface area contributed by atoms with Crippen LogP contribution in [-0.2, 0) is 13.8 Å². The SMILES string of the molecule is NC(=O)c1ccc[n+]([C@@H]2O[C@H](COP(=O)(O)O)C(O)C2O)c1.